The summed E-state index contributed by atoms with van der Waals surface area (Å²) in [4.78, 5) is 2.23. The zero-order chi connectivity index (χ0) is 8.97. The fourth-order valence-corrected chi connectivity index (χ4v) is 1.76. The lowest BCUT2D eigenvalue weighted by Gasteiger charge is -2.00. The van der Waals surface area contributed by atoms with Gasteiger partial charge in [0.15, 0.2) is 0 Å². The maximum absolute atomic E-state index is 7.51. The van der Waals surface area contributed by atoms with Crippen molar-refractivity contribution in [3.63, 3.8) is 0 Å². The molecule has 0 aromatic carbocycles. The van der Waals surface area contributed by atoms with Crippen LogP contribution >= 0.6 is 11.3 Å². The quantitative estimate of drug-likeness (QED) is 0.567. The van der Waals surface area contributed by atoms with Crippen LogP contribution in [0.4, 0.5) is 0 Å². The monoisotopic (exact) mass is 183 g/mol. The highest BCUT2D eigenvalue weighted by Crippen LogP contribution is 2.17. The van der Waals surface area contributed by atoms with E-state index in [4.69, 9.17) is 10.1 Å². The Morgan fingerprint density at radius 3 is 2.75 bits per heavy atom. The van der Waals surface area contributed by atoms with Crippen LogP contribution < -0.4 is 0 Å². The molecule has 0 saturated carbocycles. The van der Waals surface area contributed by atoms with Crippen molar-refractivity contribution in [2.24, 2.45) is 0 Å². The predicted molar refractivity (Wildman–Crippen MR) is 52.2 cm³/mol. The molecule has 0 aliphatic heterocycles. The number of ether oxygens (including phenoxy) is 1. The molecule has 2 nitrogen and oxygen atoms in total. The minimum Gasteiger partial charge on any atom is -0.477 e. The van der Waals surface area contributed by atoms with Gasteiger partial charge in [0.05, 0.1) is 11.5 Å². The molecule has 1 heterocycles. The van der Waals surface area contributed by atoms with Gasteiger partial charge in [-0.3, -0.25) is 5.41 Å². The molecule has 0 saturated heterocycles. The third kappa shape index (κ3) is 2.08. The van der Waals surface area contributed by atoms with Crippen molar-refractivity contribution in [1.82, 2.24) is 0 Å². The van der Waals surface area contributed by atoms with E-state index in [1.807, 2.05) is 19.1 Å². The van der Waals surface area contributed by atoms with E-state index < -0.39 is 0 Å². The van der Waals surface area contributed by atoms with Crippen LogP contribution in [0.25, 0.3) is 0 Å². The van der Waals surface area contributed by atoms with Crippen molar-refractivity contribution < 1.29 is 4.74 Å². The Bertz CT molecular complexity index is 267. The maximum Gasteiger partial charge on any atom is 0.223 e. The van der Waals surface area contributed by atoms with Gasteiger partial charge < -0.3 is 4.74 Å². The Balaban J connectivity index is 2.68. The van der Waals surface area contributed by atoms with Crippen LogP contribution in [0.5, 0.6) is 0 Å². The number of hydrogen-bond acceptors (Lipinski definition) is 3. The molecule has 1 N–H and O–H groups in total. The highest BCUT2D eigenvalue weighted by atomic mass is 32.1. The van der Waals surface area contributed by atoms with Gasteiger partial charge in [-0.2, -0.15) is 0 Å². The molecule has 0 aliphatic rings. The number of thiophene rings is 1. The van der Waals surface area contributed by atoms with Crippen LogP contribution in [0.1, 0.15) is 23.6 Å². The molecule has 1 aromatic heterocycles. The molecule has 1 rings (SSSR count). The SMILES string of the molecule is CCOC(=N)c1ccc(CC)s1. The molecular weight excluding hydrogens is 170 g/mol. The molecular formula is C9H13NOS. The van der Waals surface area contributed by atoms with E-state index in [0.29, 0.717) is 12.5 Å². The average Bonchev–Trinajstić information content (AvgIpc) is 2.52. The molecule has 1 aromatic rings. The lowest BCUT2D eigenvalue weighted by atomic mass is 10.4. The minimum atomic E-state index is 0.294. The number of nitrogens with one attached hydrogen (secondary N) is 1. The summed E-state index contributed by atoms with van der Waals surface area (Å²) in [6, 6.07) is 4.00. The minimum absolute atomic E-state index is 0.294. The molecule has 0 bridgehead atoms. The second-order valence-corrected chi connectivity index (χ2v) is 3.55. The highest BCUT2D eigenvalue weighted by molar-refractivity contribution is 7.14. The van der Waals surface area contributed by atoms with Crippen LogP contribution in [-0.4, -0.2) is 12.5 Å². The fourth-order valence-electron chi connectivity index (χ4n) is 0.905. The zero-order valence-corrected chi connectivity index (χ0v) is 8.20. The predicted octanol–water partition coefficient (Wildman–Crippen LogP) is 2.67. The van der Waals surface area contributed by atoms with Crippen LogP contribution in [0.3, 0.4) is 0 Å². The second kappa shape index (κ2) is 4.26. The van der Waals surface area contributed by atoms with E-state index in [1.165, 1.54) is 4.88 Å². The summed E-state index contributed by atoms with van der Waals surface area (Å²) in [7, 11) is 0. The molecule has 0 atom stereocenters. The van der Waals surface area contributed by atoms with Crippen molar-refractivity contribution in [2.45, 2.75) is 20.3 Å². The Morgan fingerprint density at radius 2 is 2.25 bits per heavy atom. The van der Waals surface area contributed by atoms with Crippen molar-refractivity contribution in [2.75, 3.05) is 6.61 Å². The number of aryl methyl sites for hydroxylation is 1. The van der Waals surface area contributed by atoms with E-state index in [2.05, 4.69) is 6.92 Å². The molecule has 0 amide bonds. The van der Waals surface area contributed by atoms with E-state index in [9.17, 15) is 0 Å². The standard InChI is InChI=1S/C9H13NOS/c1-3-7-5-6-8(12-7)9(10)11-4-2/h5-6,10H,3-4H2,1-2H3. The first kappa shape index (κ1) is 9.26. The Kier molecular flexibility index (Phi) is 3.29. The summed E-state index contributed by atoms with van der Waals surface area (Å²) in [5.41, 5.74) is 0. The summed E-state index contributed by atoms with van der Waals surface area (Å²) < 4.78 is 5.08. The van der Waals surface area contributed by atoms with E-state index in [-0.39, 0.29) is 0 Å². The molecule has 0 spiro atoms. The van der Waals surface area contributed by atoms with Crippen LogP contribution in [0, 0.1) is 5.41 Å². The molecule has 0 fully saturated rings. The third-order valence-corrected chi connectivity index (χ3v) is 2.75. The molecule has 0 radical (unpaired) electrons. The Morgan fingerprint density at radius 1 is 1.50 bits per heavy atom. The Labute approximate surface area is 76.7 Å². The number of hydrogen-bond donors (Lipinski definition) is 1. The largest absolute Gasteiger partial charge is 0.477 e. The lowest BCUT2D eigenvalue weighted by molar-refractivity contribution is 0.326. The molecule has 0 aliphatic carbocycles. The van der Waals surface area contributed by atoms with Gasteiger partial charge in [0, 0.05) is 4.88 Å². The van der Waals surface area contributed by atoms with Crippen LogP contribution in [0.15, 0.2) is 12.1 Å². The lowest BCUT2D eigenvalue weighted by Crippen LogP contribution is -2.01. The van der Waals surface area contributed by atoms with Gasteiger partial charge in [-0.15, -0.1) is 11.3 Å². The van der Waals surface area contributed by atoms with Crippen molar-refractivity contribution in [1.29, 1.82) is 5.41 Å². The Hall–Kier alpha value is -0.830. The zero-order valence-electron chi connectivity index (χ0n) is 7.39. The van der Waals surface area contributed by atoms with E-state index in [0.717, 1.165) is 11.3 Å². The van der Waals surface area contributed by atoms with Gasteiger partial charge >= 0.3 is 0 Å². The van der Waals surface area contributed by atoms with Crippen molar-refractivity contribution in [3.8, 4) is 0 Å². The van der Waals surface area contributed by atoms with Gasteiger partial charge in [0.2, 0.25) is 5.90 Å². The summed E-state index contributed by atoms with van der Waals surface area (Å²) in [5, 5.41) is 7.51. The third-order valence-electron chi connectivity index (χ3n) is 1.52. The van der Waals surface area contributed by atoms with E-state index >= 15 is 0 Å². The van der Waals surface area contributed by atoms with Crippen LogP contribution in [0.2, 0.25) is 0 Å². The van der Waals surface area contributed by atoms with Gasteiger partial charge in [-0.05, 0) is 25.5 Å². The van der Waals surface area contributed by atoms with Crippen molar-refractivity contribution >= 4 is 17.2 Å². The van der Waals surface area contributed by atoms with Crippen LogP contribution in [-0.2, 0) is 11.2 Å². The van der Waals surface area contributed by atoms with Gasteiger partial charge in [0.1, 0.15) is 0 Å². The molecule has 12 heavy (non-hydrogen) atoms. The summed E-state index contributed by atoms with van der Waals surface area (Å²) in [6.07, 6.45) is 1.03. The first-order chi connectivity index (χ1) is 5.77. The van der Waals surface area contributed by atoms with Gasteiger partial charge in [0.25, 0.3) is 0 Å². The van der Waals surface area contributed by atoms with Gasteiger partial charge in [-0.25, -0.2) is 0 Å². The smallest absolute Gasteiger partial charge is 0.223 e. The average molecular weight is 183 g/mol. The van der Waals surface area contributed by atoms with Crippen molar-refractivity contribution in [3.05, 3.63) is 21.9 Å². The molecule has 3 heteroatoms. The van der Waals surface area contributed by atoms with Gasteiger partial charge in [-0.1, -0.05) is 6.92 Å². The maximum atomic E-state index is 7.51. The highest BCUT2D eigenvalue weighted by Gasteiger charge is 2.04. The molecule has 0 unspecified atom stereocenters. The van der Waals surface area contributed by atoms with E-state index in [1.54, 1.807) is 11.3 Å². The number of rotatable bonds is 3. The first-order valence-corrected chi connectivity index (χ1v) is 4.90. The normalized spacial score (nSPS) is 9.83. The summed E-state index contributed by atoms with van der Waals surface area (Å²) in [5.74, 6) is 0.294. The topological polar surface area (TPSA) is 33.1 Å². The molecule has 66 valence electrons. The summed E-state index contributed by atoms with van der Waals surface area (Å²) >= 11 is 1.63. The summed E-state index contributed by atoms with van der Waals surface area (Å²) in [6.45, 7) is 4.57. The first-order valence-electron chi connectivity index (χ1n) is 4.08. The second-order valence-electron chi connectivity index (χ2n) is 2.38. The fraction of sp³-hybridized carbons (Fsp3) is 0.444.